The smallest absolute Gasteiger partial charge is 0.283 e. The van der Waals surface area contributed by atoms with Gasteiger partial charge in [-0.25, -0.2) is 4.90 Å². The molecule has 1 aliphatic rings. The van der Waals surface area contributed by atoms with E-state index >= 15 is 0 Å². The number of nitrogens with one attached hydrogen (secondary N) is 2. The lowest BCUT2D eigenvalue weighted by molar-refractivity contribution is -0.120. The van der Waals surface area contributed by atoms with Crippen LogP contribution in [0.5, 0.6) is 23.0 Å². The molecule has 196 valence electrons. The van der Waals surface area contributed by atoms with Crippen LogP contribution >= 0.6 is 11.6 Å². The first-order chi connectivity index (χ1) is 18.3. The Morgan fingerprint density at radius 2 is 1.39 bits per heavy atom. The molecule has 0 radical (unpaired) electrons. The summed E-state index contributed by atoms with van der Waals surface area (Å²) in [5.41, 5.74) is 1.35. The van der Waals surface area contributed by atoms with Crippen LogP contribution in [-0.2, 0) is 9.59 Å². The average molecular weight is 538 g/mol. The zero-order valence-corrected chi connectivity index (χ0v) is 21.7. The number of carbonyl (C=O) groups excluding carboxylic acids is 3. The van der Waals surface area contributed by atoms with Gasteiger partial charge in [-0.1, -0.05) is 11.6 Å². The first-order valence-electron chi connectivity index (χ1n) is 11.2. The van der Waals surface area contributed by atoms with Gasteiger partial charge < -0.3 is 29.6 Å². The van der Waals surface area contributed by atoms with Gasteiger partial charge >= 0.3 is 0 Å². The van der Waals surface area contributed by atoms with Gasteiger partial charge in [-0.05, 0) is 48.5 Å². The van der Waals surface area contributed by atoms with Crippen molar-refractivity contribution in [2.45, 2.75) is 0 Å². The molecule has 1 aliphatic heterocycles. The van der Waals surface area contributed by atoms with Crippen molar-refractivity contribution < 1.29 is 33.3 Å². The normalized spacial score (nSPS) is 12.9. The third-order valence-electron chi connectivity index (χ3n) is 5.73. The lowest BCUT2D eigenvalue weighted by Gasteiger charge is -2.19. The molecule has 0 fully saturated rings. The number of halogens is 1. The van der Waals surface area contributed by atoms with E-state index in [1.54, 1.807) is 54.6 Å². The van der Waals surface area contributed by atoms with E-state index in [0.717, 1.165) is 4.90 Å². The number of hydrogen-bond donors (Lipinski definition) is 2. The molecule has 3 aromatic rings. The van der Waals surface area contributed by atoms with Gasteiger partial charge in [-0.3, -0.25) is 14.4 Å². The molecule has 0 saturated heterocycles. The summed E-state index contributed by atoms with van der Waals surface area (Å²) in [5, 5.41) is 5.39. The monoisotopic (exact) mass is 537 g/mol. The molecule has 1 heterocycles. The highest BCUT2D eigenvalue weighted by atomic mass is 35.5. The molecule has 3 aromatic carbocycles. The fourth-order valence-corrected chi connectivity index (χ4v) is 3.96. The third-order valence-corrected chi connectivity index (χ3v) is 6.08. The quantitative estimate of drug-likeness (QED) is 0.386. The van der Waals surface area contributed by atoms with Crippen LogP contribution < -0.4 is 34.5 Å². The van der Waals surface area contributed by atoms with Crippen molar-refractivity contribution in [1.29, 1.82) is 0 Å². The number of benzene rings is 3. The second-order valence-corrected chi connectivity index (χ2v) is 8.27. The summed E-state index contributed by atoms with van der Waals surface area (Å²) in [5.74, 6) is 0.00346. The van der Waals surface area contributed by atoms with Gasteiger partial charge in [0.25, 0.3) is 17.7 Å². The van der Waals surface area contributed by atoms with Gasteiger partial charge in [0, 0.05) is 23.4 Å². The van der Waals surface area contributed by atoms with Crippen LogP contribution in [-0.4, -0.2) is 46.2 Å². The van der Waals surface area contributed by atoms with E-state index in [-0.39, 0.29) is 22.3 Å². The summed E-state index contributed by atoms with van der Waals surface area (Å²) in [6, 6.07) is 16.1. The molecule has 4 rings (SSSR count). The molecule has 0 spiro atoms. The Balaban J connectivity index is 1.51. The number of hydrogen-bond acceptors (Lipinski definition) is 8. The van der Waals surface area contributed by atoms with E-state index in [1.807, 2.05) is 0 Å². The van der Waals surface area contributed by atoms with Crippen LogP contribution in [0, 0.1) is 0 Å². The third kappa shape index (κ3) is 5.07. The Labute approximate surface area is 223 Å². The second-order valence-electron chi connectivity index (χ2n) is 7.90. The summed E-state index contributed by atoms with van der Waals surface area (Å²) in [7, 11) is 5.92. The van der Waals surface area contributed by atoms with E-state index in [9.17, 15) is 14.4 Å². The minimum atomic E-state index is -0.713. The number of rotatable bonds is 9. The van der Waals surface area contributed by atoms with Crippen LogP contribution in [0.2, 0.25) is 0 Å². The van der Waals surface area contributed by atoms with Crippen LogP contribution in [0.1, 0.15) is 10.4 Å². The van der Waals surface area contributed by atoms with Crippen LogP contribution in [0.25, 0.3) is 0 Å². The minimum absolute atomic E-state index is 0.110. The summed E-state index contributed by atoms with van der Waals surface area (Å²) in [6.45, 7) is 0. The topological polar surface area (TPSA) is 115 Å². The van der Waals surface area contributed by atoms with Crippen molar-refractivity contribution in [3.8, 4) is 23.0 Å². The van der Waals surface area contributed by atoms with E-state index < -0.39 is 11.8 Å². The van der Waals surface area contributed by atoms with Gasteiger partial charge in [0.2, 0.25) is 0 Å². The predicted molar refractivity (Wildman–Crippen MR) is 142 cm³/mol. The summed E-state index contributed by atoms with van der Waals surface area (Å²) in [6.07, 6.45) is 0. The van der Waals surface area contributed by atoms with Crippen molar-refractivity contribution in [3.63, 3.8) is 0 Å². The Kier molecular flexibility index (Phi) is 7.73. The largest absolute Gasteiger partial charge is 0.497 e. The van der Waals surface area contributed by atoms with Crippen molar-refractivity contribution in [3.05, 3.63) is 77.0 Å². The summed E-state index contributed by atoms with van der Waals surface area (Å²) >= 11 is 6.26. The zero-order valence-electron chi connectivity index (χ0n) is 21.0. The Bertz CT molecular complexity index is 1440. The molecule has 0 aromatic heterocycles. The van der Waals surface area contributed by atoms with Gasteiger partial charge in [0.1, 0.15) is 33.7 Å². The highest BCUT2D eigenvalue weighted by Gasteiger charge is 2.40. The maximum atomic E-state index is 13.2. The Morgan fingerprint density at radius 1 is 0.763 bits per heavy atom. The molecular formula is C27H24ClN3O7. The van der Waals surface area contributed by atoms with E-state index in [0.29, 0.717) is 39.9 Å². The van der Waals surface area contributed by atoms with Crippen molar-refractivity contribution in [2.24, 2.45) is 0 Å². The molecule has 0 atom stereocenters. The number of amides is 3. The number of methoxy groups -OCH3 is 4. The van der Waals surface area contributed by atoms with Crippen molar-refractivity contribution >= 4 is 46.4 Å². The maximum absolute atomic E-state index is 13.2. The van der Waals surface area contributed by atoms with Gasteiger partial charge in [-0.2, -0.15) is 0 Å². The Hall–Kier alpha value is -4.70. The Morgan fingerprint density at radius 3 is 2.03 bits per heavy atom. The molecule has 0 aliphatic carbocycles. The fraction of sp³-hybridized carbons (Fsp3) is 0.148. The minimum Gasteiger partial charge on any atom is -0.497 e. The van der Waals surface area contributed by atoms with Gasteiger partial charge in [-0.15, -0.1) is 0 Å². The van der Waals surface area contributed by atoms with Gasteiger partial charge in [0.15, 0.2) is 0 Å². The molecule has 2 N–H and O–H groups in total. The van der Waals surface area contributed by atoms with E-state index in [4.69, 9.17) is 30.5 Å². The zero-order chi connectivity index (χ0) is 27.4. The molecule has 3 amide bonds. The number of ether oxygens (including phenoxy) is 4. The average Bonchev–Trinajstić information content (AvgIpc) is 3.15. The highest BCUT2D eigenvalue weighted by Crippen LogP contribution is 2.38. The maximum Gasteiger partial charge on any atom is 0.283 e. The fourth-order valence-electron chi connectivity index (χ4n) is 3.75. The number of nitrogens with zero attached hydrogens (tertiary/aromatic N) is 1. The number of carbonyl (C=O) groups is 3. The molecule has 11 heteroatoms. The van der Waals surface area contributed by atoms with Crippen LogP contribution in [0.4, 0.5) is 17.1 Å². The second kappa shape index (κ2) is 11.1. The molecule has 0 saturated carbocycles. The highest BCUT2D eigenvalue weighted by molar-refractivity contribution is 6.53. The van der Waals surface area contributed by atoms with Crippen molar-refractivity contribution in [1.82, 2.24) is 0 Å². The standard InChI is InChI=1S/C27H24ClN3O7/c1-35-17-10-12-21(37-3)20(13-17)31-26(33)23(28)24(27(31)34)29-16-7-5-15(6-8-16)25(32)30-19-11-9-18(36-2)14-22(19)38-4/h5-14,29H,1-4H3,(H,30,32). The van der Waals surface area contributed by atoms with Crippen molar-refractivity contribution in [2.75, 3.05) is 44.0 Å². The lowest BCUT2D eigenvalue weighted by atomic mass is 10.1. The predicted octanol–water partition coefficient (Wildman–Crippen LogP) is 4.41. The number of imide groups is 1. The molecular weight excluding hydrogens is 514 g/mol. The van der Waals surface area contributed by atoms with E-state index in [2.05, 4.69) is 10.6 Å². The SMILES string of the molecule is COc1ccc(NC(=O)c2ccc(NC3=C(Cl)C(=O)N(c4cc(OC)ccc4OC)C3=O)cc2)c(OC)c1. The lowest BCUT2D eigenvalue weighted by Crippen LogP contribution is -2.32. The van der Waals surface area contributed by atoms with Crippen LogP contribution in [0.15, 0.2) is 71.4 Å². The first kappa shape index (κ1) is 26.4. The van der Waals surface area contributed by atoms with E-state index in [1.165, 1.54) is 34.5 Å². The summed E-state index contributed by atoms with van der Waals surface area (Å²) < 4.78 is 21.0. The summed E-state index contributed by atoms with van der Waals surface area (Å²) in [4.78, 5) is 39.8. The molecule has 38 heavy (non-hydrogen) atoms. The molecule has 0 unspecified atom stereocenters. The first-order valence-corrected chi connectivity index (χ1v) is 11.6. The van der Waals surface area contributed by atoms with Gasteiger partial charge in [0.05, 0.1) is 39.8 Å². The molecule has 10 nitrogen and oxygen atoms in total. The molecule has 0 bridgehead atoms. The van der Waals surface area contributed by atoms with Crippen LogP contribution in [0.3, 0.4) is 0 Å². The number of anilines is 3.